The monoisotopic (exact) mass is 380 g/mol. The lowest BCUT2D eigenvalue weighted by Crippen LogP contribution is -2.33. The van der Waals surface area contributed by atoms with Crippen molar-refractivity contribution in [2.75, 3.05) is 17.2 Å². The van der Waals surface area contributed by atoms with Crippen molar-refractivity contribution in [3.8, 4) is 5.75 Å². The molecule has 0 amide bonds. The predicted octanol–water partition coefficient (Wildman–Crippen LogP) is 3.86. The summed E-state index contributed by atoms with van der Waals surface area (Å²) in [6.07, 6.45) is 6.03. The first kappa shape index (κ1) is 18.6. The Bertz CT molecular complexity index is 945. The summed E-state index contributed by atoms with van der Waals surface area (Å²) >= 11 is 0. The van der Waals surface area contributed by atoms with Crippen LogP contribution in [0.15, 0.2) is 36.5 Å². The fourth-order valence-corrected chi connectivity index (χ4v) is 3.73. The van der Waals surface area contributed by atoms with Gasteiger partial charge in [0.2, 0.25) is 0 Å². The Kier molecular flexibility index (Phi) is 5.34. The summed E-state index contributed by atoms with van der Waals surface area (Å²) in [6, 6.07) is 10.6. The fraction of sp³-hybridized carbons (Fsp3) is 0.429. The number of aromatic nitrogens is 3. The lowest BCUT2D eigenvalue weighted by atomic mass is 9.92. The number of nitrogens with zero attached hydrogens (tertiary/aromatic N) is 3. The number of fused-ring (bicyclic) bond motifs is 1. The van der Waals surface area contributed by atoms with Crippen LogP contribution in [0.1, 0.15) is 38.2 Å². The van der Waals surface area contributed by atoms with E-state index >= 15 is 0 Å². The Morgan fingerprint density at radius 2 is 2.04 bits per heavy atom. The highest BCUT2D eigenvalue weighted by Crippen LogP contribution is 2.29. The van der Waals surface area contributed by atoms with Gasteiger partial charge in [-0.2, -0.15) is 9.61 Å². The third kappa shape index (κ3) is 3.89. The van der Waals surface area contributed by atoms with Crippen LogP contribution in [0.4, 0.5) is 17.3 Å². The smallest absolute Gasteiger partial charge is 0.159 e. The van der Waals surface area contributed by atoms with Crippen molar-refractivity contribution in [2.45, 2.75) is 51.6 Å². The van der Waals surface area contributed by atoms with E-state index in [-0.39, 0.29) is 0 Å². The maximum absolute atomic E-state index is 6.05. The predicted molar refractivity (Wildman–Crippen MR) is 112 cm³/mol. The third-order valence-electron chi connectivity index (χ3n) is 5.29. The molecule has 2 heterocycles. The lowest BCUT2D eigenvalue weighted by molar-refractivity contribution is 0.340. The summed E-state index contributed by atoms with van der Waals surface area (Å²) in [6.45, 7) is 4.69. The molecule has 3 aromatic rings. The molecule has 2 aromatic heterocycles. The van der Waals surface area contributed by atoms with Gasteiger partial charge in [-0.25, -0.2) is 4.98 Å². The highest BCUT2D eigenvalue weighted by atomic mass is 16.5. The first-order valence-corrected chi connectivity index (χ1v) is 10.0. The Morgan fingerprint density at radius 3 is 2.82 bits per heavy atom. The average Bonchev–Trinajstić information content (AvgIpc) is 3.16. The van der Waals surface area contributed by atoms with E-state index in [1.165, 1.54) is 0 Å². The standard InChI is InChI=1S/C21H28N6O/c1-3-28-18-6-4-5-17(13-18)25-21-14(2)20(26-19-11-12-23-27(19)21)24-16-9-7-15(22)8-10-16/h4-6,11-13,15-16,25H,3,7-10,22H2,1-2H3,(H,24,26). The quantitative estimate of drug-likeness (QED) is 0.602. The second-order valence-corrected chi connectivity index (χ2v) is 7.38. The summed E-state index contributed by atoms with van der Waals surface area (Å²) in [5, 5.41) is 11.6. The Morgan fingerprint density at radius 1 is 1.21 bits per heavy atom. The highest BCUT2D eigenvalue weighted by Gasteiger charge is 2.21. The summed E-state index contributed by atoms with van der Waals surface area (Å²) in [5.41, 5.74) is 8.84. The summed E-state index contributed by atoms with van der Waals surface area (Å²) in [4.78, 5) is 4.79. The van der Waals surface area contributed by atoms with Crippen molar-refractivity contribution in [3.05, 3.63) is 42.1 Å². The molecule has 0 saturated heterocycles. The van der Waals surface area contributed by atoms with Crippen molar-refractivity contribution in [3.63, 3.8) is 0 Å². The minimum absolute atomic E-state index is 0.333. The number of hydrogen-bond acceptors (Lipinski definition) is 6. The van der Waals surface area contributed by atoms with Crippen molar-refractivity contribution >= 4 is 23.0 Å². The zero-order valence-electron chi connectivity index (χ0n) is 16.5. The van der Waals surface area contributed by atoms with Gasteiger partial charge in [-0.1, -0.05) is 6.07 Å². The zero-order valence-corrected chi connectivity index (χ0v) is 16.5. The molecule has 0 bridgehead atoms. The average molecular weight is 380 g/mol. The molecule has 28 heavy (non-hydrogen) atoms. The third-order valence-corrected chi connectivity index (χ3v) is 5.29. The molecule has 4 N–H and O–H groups in total. The Labute approximate surface area is 165 Å². The maximum atomic E-state index is 6.05. The zero-order chi connectivity index (χ0) is 19.5. The van der Waals surface area contributed by atoms with Gasteiger partial charge >= 0.3 is 0 Å². The van der Waals surface area contributed by atoms with Crippen LogP contribution in [-0.2, 0) is 0 Å². The topological polar surface area (TPSA) is 89.5 Å². The molecule has 0 unspecified atom stereocenters. The van der Waals surface area contributed by atoms with Gasteiger partial charge in [0.15, 0.2) is 5.65 Å². The van der Waals surface area contributed by atoms with E-state index in [4.69, 9.17) is 15.5 Å². The van der Waals surface area contributed by atoms with Crippen molar-refractivity contribution in [1.29, 1.82) is 0 Å². The van der Waals surface area contributed by atoms with Gasteiger partial charge < -0.3 is 21.1 Å². The first-order chi connectivity index (χ1) is 13.6. The molecule has 1 aliphatic carbocycles. The van der Waals surface area contributed by atoms with Gasteiger partial charge in [0.25, 0.3) is 0 Å². The Balaban J connectivity index is 1.64. The first-order valence-electron chi connectivity index (χ1n) is 10.0. The number of rotatable bonds is 6. The minimum atomic E-state index is 0.333. The van der Waals surface area contributed by atoms with E-state index in [9.17, 15) is 0 Å². The van der Waals surface area contributed by atoms with Gasteiger partial charge in [-0.3, -0.25) is 0 Å². The largest absolute Gasteiger partial charge is 0.494 e. The number of nitrogens with one attached hydrogen (secondary N) is 2. The number of hydrogen-bond donors (Lipinski definition) is 3. The number of anilines is 3. The Hall–Kier alpha value is -2.80. The van der Waals surface area contributed by atoms with E-state index in [0.29, 0.717) is 18.7 Å². The van der Waals surface area contributed by atoms with Crippen LogP contribution in [0.5, 0.6) is 5.75 Å². The molecule has 7 heteroatoms. The van der Waals surface area contributed by atoms with E-state index in [2.05, 4.69) is 22.7 Å². The highest BCUT2D eigenvalue weighted by molar-refractivity contribution is 5.69. The number of benzene rings is 1. The number of ether oxygens (including phenoxy) is 1. The van der Waals surface area contributed by atoms with Crippen LogP contribution in [0.3, 0.4) is 0 Å². The molecule has 0 aliphatic heterocycles. The fourth-order valence-electron chi connectivity index (χ4n) is 3.73. The van der Waals surface area contributed by atoms with E-state index in [1.54, 1.807) is 6.20 Å². The maximum Gasteiger partial charge on any atom is 0.159 e. The van der Waals surface area contributed by atoms with Crippen LogP contribution in [0.2, 0.25) is 0 Å². The second kappa shape index (κ2) is 8.06. The molecule has 1 aliphatic rings. The van der Waals surface area contributed by atoms with E-state index in [1.807, 2.05) is 41.8 Å². The van der Waals surface area contributed by atoms with Gasteiger partial charge in [0, 0.05) is 35.5 Å². The van der Waals surface area contributed by atoms with Crippen molar-refractivity contribution < 1.29 is 4.74 Å². The van der Waals surface area contributed by atoms with Crippen LogP contribution < -0.4 is 21.1 Å². The molecular formula is C21H28N6O. The molecule has 0 atom stereocenters. The molecule has 0 spiro atoms. The summed E-state index contributed by atoms with van der Waals surface area (Å²) < 4.78 is 7.46. The van der Waals surface area contributed by atoms with E-state index < -0.39 is 0 Å². The van der Waals surface area contributed by atoms with Crippen LogP contribution >= 0.6 is 0 Å². The van der Waals surface area contributed by atoms with Crippen LogP contribution in [0, 0.1) is 6.92 Å². The SMILES string of the molecule is CCOc1cccc(Nc2c(C)c(NC3CCC(N)CC3)nc3ccnn23)c1. The van der Waals surface area contributed by atoms with Crippen LogP contribution in [0.25, 0.3) is 5.65 Å². The summed E-state index contributed by atoms with van der Waals surface area (Å²) in [7, 11) is 0. The minimum Gasteiger partial charge on any atom is -0.494 e. The molecule has 1 fully saturated rings. The molecule has 7 nitrogen and oxygen atoms in total. The molecule has 1 aromatic carbocycles. The second-order valence-electron chi connectivity index (χ2n) is 7.38. The normalized spacial score (nSPS) is 19.5. The molecule has 0 radical (unpaired) electrons. The van der Waals surface area contributed by atoms with Gasteiger partial charge in [-0.15, -0.1) is 0 Å². The number of nitrogens with two attached hydrogens (primary N) is 1. The summed E-state index contributed by atoms with van der Waals surface area (Å²) in [5.74, 6) is 2.64. The molecule has 4 rings (SSSR count). The van der Waals surface area contributed by atoms with E-state index in [0.717, 1.165) is 60.0 Å². The molecular weight excluding hydrogens is 352 g/mol. The van der Waals surface area contributed by atoms with Crippen molar-refractivity contribution in [2.24, 2.45) is 5.73 Å². The van der Waals surface area contributed by atoms with Crippen molar-refractivity contribution in [1.82, 2.24) is 14.6 Å². The lowest BCUT2D eigenvalue weighted by Gasteiger charge is -2.28. The van der Waals surface area contributed by atoms with Crippen LogP contribution in [-0.4, -0.2) is 33.3 Å². The van der Waals surface area contributed by atoms with Gasteiger partial charge in [0.05, 0.1) is 12.8 Å². The van der Waals surface area contributed by atoms with Gasteiger partial charge in [0.1, 0.15) is 17.4 Å². The van der Waals surface area contributed by atoms with Gasteiger partial charge in [-0.05, 0) is 51.7 Å². The molecule has 148 valence electrons. The molecule has 1 saturated carbocycles.